The van der Waals surface area contributed by atoms with E-state index in [2.05, 4.69) is 19.9 Å². The van der Waals surface area contributed by atoms with Crippen LogP contribution in [-0.4, -0.2) is 15.7 Å². The first-order valence-electron chi connectivity index (χ1n) is 8.73. The van der Waals surface area contributed by atoms with E-state index in [4.69, 9.17) is 11.6 Å². The molecule has 4 nitrogen and oxygen atoms in total. The van der Waals surface area contributed by atoms with Crippen molar-refractivity contribution in [3.8, 4) is 5.69 Å². The van der Waals surface area contributed by atoms with Crippen LogP contribution >= 0.6 is 23.4 Å². The second-order valence-corrected chi connectivity index (χ2v) is 7.95. The molecule has 0 unspecified atom stereocenters. The first-order chi connectivity index (χ1) is 13.5. The van der Waals surface area contributed by atoms with Crippen LogP contribution in [0.4, 0.5) is 10.5 Å². The molecule has 0 bridgehead atoms. The molecule has 2 heterocycles. The minimum Gasteiger partial charge on any atom is -0.317 e. The molecule has 1 aromatic heterocycles. The van der Waals surface area contributed by atoms with Crippen molar-refractivity contribution in [1.29, 1.82) is 0 Å². The number of carbonyl (C=O) groups is 2. The van der Waals surface area contributed by atoms with Gasteiger partial charge in [0.1, 0.15) is 0 Å². The van der Waals surface area contributed by atoms with Gasteiger partial charge in [-0.2, -0.15) is 0 Å². The van der Waals surface area contributed by atoms with Crippen molar-refractivity contribution in [2.45, 2.75) is 13.8 Å². The number of thioether (sulfide) groups is 1. The molecular weight excluding hydrogens is 392 g/mol. The Balaban J connectivity index is 1.72. The van der Waals surface area contributed by atoms with Crippen LogP contribution < -0.4 is 4.90 Å². The van der Waals surface area contributed by atoms with E-state index in [0.29, 0.717) is 15.6 Å². The number of nitrogens with zero attached hydrogens (tertiary/aromatic N) is 2. The Kier molecular flexibility index (Phi) is 4.87. The largest absolute Gasteiger partial charge is 0.317 e. The topological polar surface area (TPSA) is 42.3 Å². The predicted octanol–water partition coefficient (Wildman–Crippen LogP) is 5.99. The molecule has 0 N–H and O–H groups in total. The summed E-state index contributed by atoms with van der Waals surface area (Å²) < 4.78 is 2.02. The molecule has 1 aliphatic rings. The van der Waals surface area contributed by atoms with Crippen LogP contribution in [0.15, 0.2) is 65.7 Å². The van der Waals surface area contributed by atoms with Gasteiger partial charge in [-0.25, -0.2) is 4.90 Å². The van der Waals surface area contributed by atoms with E-state index in [-0.39, 0.29) is 11.1 Å². The van der Waals surface area contributed by atoms with Gasteiger partial charge in [-0.15, -0.1) is 0 Å². The smallest absolute Gasteiger partial charge is 0.298 e. The van der Waals surface area contributed by atoms with Gasteiger partial charge in [0.05, 0.1) is 10.6 Å². The van der Waals surface area contributed by atoms with Crippen molar-refractivity contribution < 1.29 is 9.59 Å². The number of anilines is 1. The summed E-state index contributed by atoms with van der Waals surface area (Å²) in [4.78, 5) is 26.9. The summed E-state index contributed by atoms with van der Waals surface area (Å²) in [5, 5.41) is 0.146. The van der Waals surface area contributed by atoms with Gasteiger partial charge in [-0.1, -0.05) is 29.8 Å². The van der Waals surface area contributed by atoms with E-state index >= 15 is 0 Å². The van der Waals surface area contributed by atoms with Gasteiger partial charge in [-0.05, 0) is 79.2 Å². The molecule has 3 aromatic rings. The second-order valence-electron chi connectivity index (χ2n) is 6.52. The highest BCUT2D eigenvalue weighted by Gasteiger charge is 2.36. The summed E-state index contributed by atoms with van der Waals surface area (Å²) >= 11 is 6.95. The van der Waals surface area contributed by atoms with Crippen LogP contribution in [-0.2, 0) is 4.79 Å². The third-order valence-corrected chi connectivity index (χ3v) is 5.86. The number of amides is 2. The molecule has 2 amide bonds. The molecule has 0 saturated carbocycles. The van der Waals surface area contributed by atoms with Crippen LogP contribution in [0, 0.1) is 13.8 Å². The van der Waals surface area contributed by atoms with Crippen LogP contribution in [0.1, 0.15) is 16.8 Å². The summed E-state index contributed by atoms with van der Waals surface area (Å²) in [5.41, 5.74) is 4.72. The molecule has 0 atom stereocenters. The summed E-state index contributed by atoms with van der Waals surface area (Å²) in [7, 11) is 0. The Morgan fingerprint density at radius 2 is 1.79 bits per heavy atom. The number of aryl methyl sites for hydroxylation is 1. The number of imide groups is 1. The summed E-state index contributed by atoms with van der Waals surface area (Å²) in [6.45, 7) is 4.14. The monoisotopic (exact) mass is 408 g/mol. The third-order valence-electron chi connectivity index (χ3n) is 4.75. The molecule has 0 spiro atoms. The number of carbonyl (C=O) groups excluding carboxylic acids is 2. The zero-order valence-electron chi connectivity index (χ0n) is 15.3. The van der Waals surface area contributed by atoms with Gasteiger partial charge in [0, 0.05) is 22.6 Å². The van der Waals surface area contributed by atoms with Gasteiger partial charge in [0.25, 0.3) is 11.1 Å². The Bertz CT molecular complexity index is 1130. The fourth-order valence-corrected chi connectivity index (χ4v) is 4.18. The Morgan fingerprint density at radius 3 is 2.57 bits per heavy atom. The van der Waals surface area contributed by atoms with Crippen molar-refractivity contribution >= 4 is 46.3 Å². The normalized spacial score (nSPS) is 15.7. The average molecular weight is 409 g/mol. The number of hydrogen-bond donors (Lipinski definition) is 0. The van der Waals surface area contributed by atoms with Crippen LogP contribution in [0.5, 0.6) is 0 Å². The third kappa shape index (κ3) is 3.28. The maximum absolute atomic E-state index is 12.9. The first-order valence-corrected chi connectivity index (χ1v) is 9.92. The lowest BCUT2D eigenvalue weighted by Crippen LogP contribution is -2.27. The maximum Gasteiger partial charge on any atom is 0.298 e. The predicted molar refractivity (Wildman–Crippen MR) is 115 cm³/mol. The Labute approximate surface area is 172 Å². The minimum absolute atomic E-state index is 0.330. The van der Waals surface area contributed by atoms with Crippen molar-refractivity contribution in [1.82, 2.24) is 4.57 Å². The summed E-state index contributed by atoms with van der Waals surface area (Å²) in [6, 6.07) is 16.7. The van der Waals surface area contributed by atoms with Gasteiger partial charge in [0.2, 0.25) is 0 Å². The van der Waals surface area contributed by atoms with E-state index < -0.39 is 0 Å². The average Bonchev–Trinajstić information content (AvgIpc) is 3.22. The summed E-state index contributed by atoms with van der Waals surface area (Å²) in [6.07, 6.45) is 3.71. The molecule has 2 aromatic carbocycles. The number of aromatic nitrogens is 1. The molecule has 1 saturated heterocycles. The zero-order chi connectivity index (χ0) is 19.8. The first kappa shape index (κ1) is 18.6. The number of rotatable bonds is 3. The van der Waals surface area contributed by atoms with E-state index in [1.807, 2.05) is 35.0 Å². The highest BCUT2D eigenvalue weighted by Crippen LogP contribution is 2.36. The van der Waals surface area contributed by atoms with E-state index in [1.54, 1.807) is 30.3 Å². The number of hydrogen-bond acceptors (Lipinski definition) is 3. The highest BCUT2D eigenvalue weighted by atomic mass is 35.5. The fraction of sp³-hybridized carbons (Fsp3) is 0.0909. The highest BCUT2D eigenvalue weighted by molar-refractivity contribution is 8.19. The van der Waals surface area contributed by atoms with Crippen molar-refractivity contribution in [3.63, 3.8) is 0 Å². The van der Waals surface area contributed by atoms with Crippen molar-refractivity contribution in [3.05, 3.63) is 87.5 Å². The van der Waals surface area contributed by atoms with E-state index in [0.717, 1.165) is 28.0 Å². The molecular formula is C22H17ClN2O2S. The zero-order valence-corrected chi connectivity index (χ0v) is 16.9. The molecule has 0 aliphatic carbocycles. The lowest BCUT2D eigenvalue weighted by Gasteiger charge is -2.13. The Hall–Kier alpha value is -2.76. The standard InChI is InChI=1S/C22H17ClN2O2S/c1-14-6-3-10-19(15(14)2)24-11-5-9-17(24)13-20-21(26)25(22(27)28-20)18-8-4-7-16(23)12-18/h3-13H,1-2H3/b20-13+. The lowest BCUT2D eigenvalue weighted by molar-refractivity contribution is -0.113. The molecule has 4 rings (SSSR count). The van der Waals surface area contributed by atoms with E-state index in [9.17, 15) is 9.59 Å². The van der Waals surface area contributed by atoms with Gasteiger partial charge < -0.3 is 4.57 Å². The van der Waals surface area contributed by atoms with Crippen molar-refractivity contribution in [2.24, 2.45) is 0 Å². The maximum atomic E-state index is 12.9. The second kappa shape index (κ2) is 7.34. The minimum atomic E-state index is -0.342. The molecule has 140 valence electrons. The lowest BCUT2D eigenvalue weighted by atomic mass is 10.1. The van der Waals surface area contributed by atoms with Gasteiger partial charge >= 0.3 is 0 Å². The van der Waals surface area contributed by atoms with Gasteiger partial charge in [-0.3, -0.25) is 9.59 Å². The SMILES string of the molecule is Cc1cccc(-n2cccc2/C=C2/SC(=O)N(c3cccc(Cl)c3)C2=O)c1C. The molecule has 0 radical (unpaired) electrons. The van der Waals surface area contributed by atoms with E-state index in [1.165, 1.54) is 11.1 Å². The Morgan fingerprint density at radius 1 is 1.00 bits per heavy atom. The molecule has 1 fully saturated rings. The molecule has 28 heavy (non-hydrogen) atoms. The van der Waals surface area contributed by atoms with Gasteiger partial charge in [0.15, 0.2) is 0 Å². The summed E-state index contributed by atoms with van der Waals surface area (Å²) in [5.74, 6) is -0.342. The molecule has 1 aliphatic heterocycles. The number of halogens is 1. The number of benzene rings is 2. The van der Waals surface area contributed by atoms with Crippen molar-refractivity contribution in [2.75, 3.05) is 4.90 Å². The van der Waals surface area contributed by atoms with Crippen LogP contribution in [0.25, 0.3) is 11.8 Å². The van der Waals surface area contributed by atoms with Crippen LogP contribution in [0.3, 0.4) is 0 Å². The van der Waals surface area contributed by atoms with Crippen LogP contribution in [0.2, 0.25) is 5.02 Å². The fourth-order valence-electron chi connectivity index (χ4n) is 3.17. The quantitative estimate of drug-likeness (QED) is 0.500. The molecule has 6 heteroatoms.